The maximum Gasteiger partial charge on any atom is 0.349 e. The molecule has 0 fully saturated rings. The van der Waals surface area contributed by atoms with E-state index in [-0.39, 0.29) is 23.8 Å². The van der Waals surface area contributed by atoms with Gasteiger partial charge in [0.15, 0.2) is 18.1 Å². The maximum absolute atomic E-state index is 12.4. The summed E-state index contributed by atoms with van der Waals surface area (Å²) in [6.45, 7) is 6.48. The van der Waals surface area contributed by atoms with Gasteiger partial charge in [-0.15, -0.1) is 0 Å². The van der Waals surface area contributed by atoms with Crippen molar-refractivity contribution in [2.24, 2.45) is 5.73 Å². The van der Waals surface area contributed by atoms with Crippen LogP contribution in [-0.4, -0.2) is 25.8 Å². The summed E-state index contributed by atoms with van der Waals surface area (Å²) in [5.41, 5.74) is 8.73. The molecule has 3 aromatic rings. The molecule has 1 aliphatic heterocycles. The van der Waals surface area contributed by atoms with Crippen LogP contribution in [0.2, 0.25) is 5.02 Å². The van der Waals surface area contributed by atoms with Gasteiger partial charge in [0.25, 0.3) is 0 Å². The number of carbonyl (C=O) groups is 1. The molecule has 202 valence electrons. The first kappa shape index (κ1) is 27.7. The highest BCUT2D eigenvalue weighted by Crippen LogP contribution is 2.45. The van der Waals surface area contributed by atoms with Crippen LogP contribution in [-0.2, 0) is 4.79 Å². The molecule has 9 heteroatoms. The first-order valence-corrected chi connectivity index (χ1v) is 12.9. The summed E-state index contributed by atoms with van der Waals surface area (Å²) in [6, 6.07) is 17.8. The fourth-order valence-electron chi connectivity index (χ4n) is 4.16. The molecule has 1 atom stereocenters. The Morgan fingerprint density at radius 3 is 2.54 bits per heavy atom. The number of rotatable bonds is 10. The van der Waals surface area contributed by atoms with E-state index in [2.05, 4.69) is 6.07 Å². The van der Waals surface area contributed by atoms with Gasteiger partial charge in [-0.2, -0.15) is 5.26 Å². The predicted octanol–water partition coefficient (Wildman–Crippen LogP) is 6.04. The zero-order valence-electron chi connectivity index (χ0n) is 22.0. The molecule has 1 unspecified atom stereocenters. The Labute approximate surface area is 232 Å². The number of allylic oxidation sites excluding steroid dienone is 1. The highest BCUT2D eigenvalue weighted by Gasteiger charge is 2.32. The Hall–Kier alpha value is -4.35. The van der Waals surface area contributed by atoms with Gasteiger partial charge in [-0.3, -0.25) is 0 Å². The topological polar surface area (TPSA) is 113 Å². The molecule has 2 N–H and O–H groups in total. The van der Waals surface area contributed by atoms with Crippen LogP contribution in [0, 0.1) is 18.3 Å². The van der Waals surface area contributed by atoms with Crippen molar-refractivity contribution in [3.8, 4) is 34.8 Å². The van der Waals surface area contributed by atoms with Crippen LogP contribution in [0.15, 0.2) is 66.1 Å². The lowest BCUT2D eigenvalue weighted by molar-refractivity contribution is -0.136. The number of nitrogens with zero attached hydrogens (tertiary/aromatic N) is 1. The number of fused-ring (bicyclic) bond motifs is 1. The van der Waals surface area contributed by atoms with Crippen LogP contribution in [0.5, 0.6) is 28.7 Å². The van der Waals surface area contributed by atoms with Crippen LogP contribution in [0.1, 0.15) is 42.9 Å². The summed E-state index contributed by atoms with van der Waals surface area (Å²) < 4.78 is 28.4. The highest BCUT2D eigenvalue weighted by atomic mass is 35.5. The van der Waals surface area contributed by atoms with Gasteiger partial charge in [0.05, 0.1) is 19.1 Å². The van der Waals surface area contributed by atoms with Gasteiger partial charge in [0.1, 0.15) is 28.9 Å². The molecular formula is C30H29ClN2O6. The molecule has 3 aromatic carbocycles. The van der Waals surface area contributed by atoms with Crippen LogP contribution in [0.25, 0.3) is 0 Å². The highest BCUT2D eigenvalue weighted by molar-refractivity contribution is 6.31. The fraction of sp³-hybridized carbons (Fsp3) is 0.267. The zero-order valence-corrected chi connectivity index (χ0v) is 22.7. The number of benzene rings is 3. The summed E-state index contributed by atoms with van der Waals surface area (Å²) in [5, 5.41) is 10.5. The van der Waals surface area contributed by atoms with Crippen LogP contribution < -0.4 is 29.4 Å². The Kier molecular flexibility index (Phi) is 8.84. The Morgan fingerprint density at radius 2 is 1.82 bits per heavy atom. The van der Waals surface area contributed by atoms with E-state index in [1.165, 1.54) is 0 Å². The van der Waals surface area contributed by atoms with Gasteiger partial charge in [-0.25, -0.2) is 4.79 Å². The summed E-state index contributed by atoms with van der Waals surface area (Å²) in [6.07, 6.45) is 0.859. The van der Waals surface area contributed by atoms with E-state index in [1.807, 2.05) is 39.0 Å². The maximum atomic E-state index is 12.4. The molecule has 0 amide bonds. The molecule has 1 aliphatic rings. The molecule has 39 heavy (non-hydrogen) atoms. The molecule has 1 heterocycles. The SMILES string of the molecule is CCCOc1ccc(C2C(C#N)=C(N)Oc3cc(OC(=O)COc4ccc(Cl)c(C)c4)ccc32)cc1OCC. The number of nitriles is 1. The first-order chi connectivity index (χ1) is 18.8. The summed E-state index contributed by atoms with van der Waals surface area (Å²) in [5.74, 6) is 1.20. The van der Waals surface area contributed by atoms with E-state index >= 15 is 0 Å². The smallest absolute Gasteiger partial charge is 0.349 e. The van der Waals surface area contributed by atoms with E-state index in [9.17, 15) is 10.1 Å². The Bertz CT molecular complexity index is 1450. The third-order valence-electron chi connectivity index (χ3n) is 5.97. The van der Waals surface area contributed by atoms with Crippen molar-refractivity contribution in [2.75, 3.05) is 19.8 Å². The first-order valence-electron chi connectivity index (χ1n) is 12.5. The van der Waals surface area contributed by atoms with E-state index in [0.29, 0.717) is 46.8 Å². The molecule has 0 saturated heterocycles. The van der Waals surface area contributed by atoms with E-state index < -0.39 is 11.9 Å². The minimum Gasteiger partial charge on any atom is -0.490 e. The van der Waals surface area contributed by atoms with Gasteiger partial charge in [0, 0.05) is 16.7 Å². The van der Waals surface area contributed by atoms with Gasteiger partial charge in [-0.05, 0) is 67.8 Å². The quantitative estimate of drug-likeness (QED) is 0.241. The molecule has 8 nitrogen and oxygen atoms in total. The minimum absolute atomic E-state index is 0.0239. The number of hydrogen-bond donors (Lipinski definition) is 1. The number of esters is 1. The number of ether oxygens (including phenoxy) is 5. The second-order valence-electron chi connectivity index (χ2n) is 8.79. The van der Waals surface area contributed by atoms with Crippen molar-refractivity contribution in [1.82, 2.24) is 0 Å². The van der Waals surface area contributed by atoms with Gasteiger partial charge in [-0.1, -0.05) is 30.7 Å². The lowest BCUT2D eigenvalue weighted by Gasteiger charge is -2.27. The number of nitrogens with two attached hydrogens (primary N) is 1. The number of carbonyl (C=O) groups excluding carboxylic acids is 1. The van der Waals surface area contributed by atoms with Gasteiger partial charge in [0.2, 0.25) is 5.88 Å². The third kappa shape index (κ3) is 6.39. The van der Waals surface area contributed by atoms with Crippen LogP contribution >= 0.6 is 11.6 Å². The van der Waals surface area contributed by atoms with Crippen molar-refractivity contribution in [3.05, 3.63) is 87.8 Å². The molecule has 0 bridgehead atoms. The van der Waals surface area contributed by atoms with Crippen molar-refractivity contribution < 1.29 is 28.5 Å². The standard InChI is InChI=1S/C30H29ClN2O6/c1-4-12-36-25-11-6-19(14-27(25)35-5-2)29-22-9-7-21(15-26(22)39-30(33)23(29)16-32)38-28(34)17-37-20-8-10-24(31)18(3)13-20/h6-11,13-15,29H,4-5,12,17,33H2,1-3H3. The van der Waals surface area contributed by atoms with Gasteiger partial charge >= 0.3 is 5.97 Å². The summed E-state index contributed by atoms with van der Waals surface area (Å²) in [4.78, 5) is 12.4. The second-order valence-corrected chi connectivity index (χ2v) is 9.19. The summed E-state index contributed by atoms with van der Waals surface area (Å²) >= 11 is 6.03. The molecule has 0 aromatic heterocycles. The molecule has 0 aliphatic carbocycles. The Balaban J connectivity index is 1.57. The predicted molar refractivity (Wildman–Crippen MR) is 146 cm³/mol. The number of halogens is 1. The van der Waals surface area contributed by atoms with Crippen molar-refractivity contribution in [1.29, 1.82) is 5.26 Å². The monoisotopic (exact) mass is 548 g/mol. The molecule has 0 saturated carbocycles. The largest absolute Gasteiger partial charge is 0.490 e. The molecule has 0 radical (unpaired) electrons. The minimum atomic E-state index is -0.597. The van der Waals surface area contributed by atoms with Crippen molar-refractivity contribution >= 4 is 17.6 Å². The van der Waals surface area contributed by atoms with Crippen molar-refractivity contribution in [2.45, 2.75) is 33.1 Å². The molecular weight excluding hydrogens is 520 g/mol. The zero-order chi connectivity index (χ0) is 27.9. The molecule has 4 rings (SSSR count). The average Bonchev–Trinajstić information content (AvgIpc) is 2.92. The van der Waals surface area contributed by atoms with E-state index in [4.69, 9.17) is 41.0 Å². The van der Waals surface area contributed by atoms with Crippen LogP contribution in [0.4, 0.5) is 0 Å². The average molecular weight is 549 g/mol. The third-order valence-corrected chi connectivity index (χ3v) is 6.40. The van der Waals surface area contributed by atoms with Crippen molar-refractivity contribution in [3.63, 3.8) is 0 Å². The summed E-state index contributed by atoms with van der Waals surface area (Å²) in [7, 11) is 0. The van der Waals surface area contributed by atoms with E-state index in [1.54, 1.807) is 36.4 Å². The fourth-order valence-corrected chi connectivity index (χ4v) is 4.27. The van der Waals surface area contributed by atoms with Crippen LogP contribution in [0.3, 0.4) is 0 Å². The second kappa shape index (κ2) is 12.5. The van der Waals surface area contributed by atoms with E-state index in [0.717, 1.165) is 17.5 Å². The molecule has 0 spiro atoms. The lowest BCUT2D eigenvalue weighted by Crippen LogP contribution is -2.22. The lowest BCUT2D eigenvalue weighted by atomic mass is 9.83. The Morgan fingerprint density at radius 1 is 1.03 bits per heavy atom. The number of hydrogen-bond acceptors (Lipinski definition) is 8. The number of aryl methyl sites for hydroxylation is 1. The normalized spacial score (nSPS) is 14.1. The van der Waals surface area contributed by atoms with Gasteiger partial charge < -0.3 is 29.4 Å².